The van der Waals surface area contributed by atoms with Gasteiger partial charge in [-0.25, -0.2) is 0 Å². The fourth-order valence-electron chi connectivity index (χ4n) is 4.34. The maximum Gasteiger partial charge on any atom is 0.230 e. The highest BCUT2D eigenvalue weighted by atomic mass is 16.5. The number of carbonyl (C=O) groups is 1. The third-order valence-electron chi connectivity index (χ3n) is 6.49. The molecule has 1 heterocycles. The first kappa shape index (κ1) is 29.8. The molecule has 0 aliphatic rings. The van der Waals surface area contributed by atoms with Gasteiger partial charge >= 0.3 is 0 Å². The van der Waals surface area contributed by atoms with E-state index >= 15 is 0 Å². The Morgan fingerprint density at radius 2 is 1.83 bits per heavy atom. The van der Waals surface area contributed by atoms with Gasteiger partial charge in [-0.1, -0.05) is 30.3 Å². The van der Waals surface area contributed by atoms with Crippen LogP contribution in [0.1, 0.15) is 35.3 Å². The van der Waals surface area contributed by atoms with Crippen LogP contribution in [0.3, 0.4) is 0 Å². The van der Waals surface area contributed by atoms with Crippen molar-refractivity contribution in [3.05, 3.63) is 107 Å². The molecule has 0 saturated carbocycles. The van der Waals surface area contributed by atoms with Crippen LogP contribution in [-0.4, -0.2) is 47.5 Å². The molecule has 4 aromatic rings. The lowest BCUT2D eigenvalue weighted by molar-refractivity contribution is -0.116. The number of benzene rings is 3. The Morgan fingerprint density at radius 3 is 2.56 bits per heavy atom. The van der Waals surface area contributed by atoms with E-state index in [1.807, 2.05) is 48.5 Å². The van der Waals surface area contributed by atoms with Crippen LogP contribution in [0.4, 0.5) is 11.6 Å². The number of ether oxygens (including phenoxy) is 2. The molecule has 0 saturated heterocycles. The largest absolute Gasteiger partial charge is 0.508 e. The summed E-state index contributed by atoms with van der Waals surface area (Å²) >= 11 is 0. The van der Waals surface area contributed by atoms with Gasteiger partial charge in [0.2, 0.25) is 11.8 Å². The molecule has 1 aromatic heterocycles. The Hall–Kier alpha value is -4.15. The Labute approximate surface area is 239 Å². The van der Waals surface area contributed by atoms with Crippen LogP contribution in [0.5, 0.6) is 11.5 Å². The molecular formula is C32H36N2O7. The Bertz CT molecular complexity index is 1370. The predicted molar refractivity (Wildman–Crippen MR) is 155 cm³/mol. The summed E-state index contributed by atoms with van der Waals surface area (Å²) < 4.78 is 17.0. The van der Waals surface area contributed by atoms with Crippen LogP contribution in [0.2, 0.25) is 0 Å². The van der Waals surface area contributed by atoms with Gasteiger partial charge in [0.25, 0.3) is 0 Å². The number of amides is 1. The van der Waals surface area contributed by atoms with Gasteiger partial charge in [0.1, 0.15) is 18.1 Å². The Morgan fingerprint density at radius 1 is 1.00 bits per heavy atom. The molecule has 0 radical (unpaired) electrons. The summed E-state index contributed by atoms with van der Waals surface area (Å²) in [7, 11) is 0. The SMILES string of the molecule is CC(=O)N(c1cccc(COCCOc2ccc(CCNC[C@@H](O)c3ccc(O)c(CO)c3)cc2)c1)c1ccco1. The lowest BCUT2D eigenvalue weighted by atomic mass is 10.1. The average molecular weight is 561 g/mol. The van der Waals surface area contributed by atoms with Crippen molar-refractivity contribution >= 4 is 17.5 Å². The normalized spacial score (nSPS) is 11.8. The van der Waals surface area contributed by atoms with Crippen LogP contribution in [-0.2, 0) is 29.2 Å². The minimum absolute atomic E-state index is 0.0165. The summed E-state index contributed by atoms with van der Waals surface area (Å²) in [5, 5.41) is 32.6. The zero-order valence-electron chi connectivity index (χ0n) is 23.0. The van der Waals surface area contributed by atoms with Gasteiger partial charge in [-0.2, -0.15) is 0 Å². The predicted octanol–water partition coefficient (Wildman–Crippen LogP) is 4.62. The second kappa shape index (κ2) is 15.0. The summed E-state index contributed by atoms with van der Waals surface area (Å²) in [4.78, 5) is 13.7. The smallest absolute Gasteiger partial charge is 0.230 e. The molecule has 1 atom stereocenters. The number of rotatable bonds is 15. The van der Waals surface area contributed by atoms with Crippen LogP contribution >= 0.6 is 0 Å². The van der Waals surface area contributed by atoms with E-state index in [0.717, 1.165) is 23.3 Å². The molecule has 4 N–H and O–H groups in total. The molecule has 41 heavy (non-hydrogen) atoms. The fourth-order valence-corrected chi connectivity index (χ4v) is 4.34. The van der Waals surface area contributed by atoms with E-state index in [-0.39, 0.29) is 18.3 Å². The number of aliphatic hydroxyl groups excluding tert-OH is 2. The van der Waals surface area contributed by atoms with E-state index in [4.69, 9.17) is 13.9 Å². The number of nitrogens with zero attached hydrogens (tertiary/aromatic N) is 1. The second-order valence-electron chi connectivity index (χ2n) is 9.54. The molecule has 0 aliphatic carbocycles. The summed E-state index contributed by atoms with van der Waals surface area (Å²) in [5.41, 5.74) is 3.82. The van der Waals surface area contributed by atoms with Crippen molar-refractivity contribution < 1.29 is 34.0 Å². The molecule has 0 fully saturated rings. The third-order valence-corrected chi connectivity index (χ3v) is 6.49. The maximum absolute atomic E-state index is 12.2. The highest BCUT2D eigenvalue weighted by Gasteiger charge is 2.17. The summed E-state index contributed by atoms with van der Waals surface area (Å²) in [6, 6.07) is 23.7. The first-order valence-electron chi connectivity index (χ1n) is 13.5. The Balaban J connectivity index is 1.14. The highest BCUT2D eigenvalue weighted by Crippen LogP contribution is 2.27. The first-order valence-corrected chi connectivity index (χ1v) is 13.5. The van der Waals surface area contributed by atoms with E-state index in [1.54, 1.807) is 24.3 Å². The molecule has 216 valence electrons. The van der Waals surface area contributed by atoms with Gasteiger partial charge in [-0.05, 0) is 72.1 Å². The number of carbonyl (C=O) groups excluding carboxylic acids is 1. The summed E-state index contributed by atoms with van der Waals surface area (Å²) in [6.07, 6.45) is 1.58. The van der Waals surface area contributed by atoms with Crippen LogP contribution in [0, 0.1) is 0 Å². The third kappa shape index (κ3) is 8.67. The van der Waals surface area contributed by atoms with Crippen molar-refractivity contribution in [3.8, 4) is 11.5 Å². The van der Waals surface area contributed by atoms with Crippen LogP contribution in [0.25, 0.3) is 0 Å². The Kier molecular flexibility index (Phi) is 10.9. The monoisotopic (exact) mass is 560 g/mol. The number of hydrogen-bond acceptors (Lipinski definition) is 8. The lowest BCUT2D eigenvalue weighted by Gasteiger charge is -2.19. The van der Waals surface area contributed by atoms with Crippen LogP contribution < -0.4 is 15.0 Å². The minimum atomic E-state index is -0.736. The molecule has 0 bridgehead atoms. The number of hydrogen-bond donors (Lipinski definition) is 4. The number of furan rings is 1. The molecule has 0 aliphatic heterocycles. The fraction of sp³-hybridized carbons (Fsp3) is 0.281. The average Bonchev–Trinajstić information content (AvgIpc) is 3.50. The van der Waals surface area contributed by atoms with Crippen molar-refractivity contribution in [1.82, 2.24) is 5.32 Å². The summed E-state index contributed by atoms with van der Waals surface area (Å²) in [6.45, 7) is 3.46. The molecule has 0 spiro atoms. The van der Waals surface area contributed by atoms with Gasteiger partial charge in [0.15, 0.2) is 0 Å². The molecular weight excluding hydrogens is 524 g/mol. The van der Waals surface area contributed by atoms with E-state index < -0.39 is 6.10 Å². The van der Waals surface area contributed by atoms with Crippen molar-refractivity contribution in [2.24, 2.45) is 0 Å². The van der Waals surface area contributed by atoms with Gasteiger partial charge < -0.3 is 34.5 Å². The number of anilines is 2. The molecule has 3 aromatic carbocycles. The van der Waals surface area contributed by atoms with Crippen molar-refractivity contribution in [1.29, 1.82) is 0 Å². The molecule has 9 nitrogen and oxygen atoms in total. The van der Waals surface area contributed by atoms with E-state index in [2.05, 4.69) is 5.32 Å². The van der Waals surface area contributed by atoms with E-state index in [9.17, 15) is 20.1 Å². The number of nitrogens with one attached hydrogen (secondary N) is 1. The minimum Gasteiger partial charge on any atom is -0.508 e. The quantitative estimate of drug-likeness (QED) is 0.155. The maximum atomic E-state index is 12.2. The summed E-state index contributed by atoms with van der Waals surface area (Å²) in [5.74, 6) is 1.10. The van der Waals surface area contributed by atoms with Gasteiger partial charge in [0.05, 0.1) is 37.9 Å². The van der Waals surface area contributed by atoms with Gasteiger partial charge in [0, 0.05) is 25.1 Å². The lowest BCUT2D eigenvalue weighted by Crippen LogP contribution is -2.23. The van der Waals surface area contributed by atoms with Crippen molar-refractivity contribution in [2.45, 2.75) is 32.7 Å². The molecule has 4 rings (SSSR count). The van der Waals surface area contributed by atoms with Gasteiger partial charge in [-0.15, -0.1) is 0 Å². The topological polar surface area (TPSA) is 125 Å². The molecule has 1 amide bonds. The number of aliphatic hydroxyl groups is 2. The van der Waals surface area contributed by atoms with Crippen molar-refractivity contribution in [2.75, 3.05) is 31.2 Å². The standard InChI is InChI=1S/C32H36N2O7/c1-23(36)34(32-6-3-15-41-32)28-5-2-4-25(18-28)22-39-16-17-40-29-10-7-24(8-11-29)13-14-33-20-31(38)26-9-12-30(37)27(19-26)21-35/h2-12,15,18-19,31,33,35,37-38H,13-14,16-17,20-22H2,1H3/t31-/m1/s1. The second-order valence-corrected chi connectivity index (χ2v) is 9.54. The van der Waals surface area contributed by atoms with Crippen LogP contribution in [0.15, 0.2) is 89.5 Å². The zero-order valence-corrected chi connectivity index (χ0v) is 23.0. The first-order chi connectivity index (χ1) is 19.9. The molecule has 0 unspecified atom stereocenters. The number of phenols is 1. The highest BCUT2D eigenvalue weighted by molar-refractivity contribution is 5.97. The molecule has 9 heteroatoms. The number of aromatic hydroxyl groups is 1. The van der Waals surface area contributed by atoms with E-state index in [0.29, 0.717) is 55.6 Å². The zero-order chi connectivity index (χ0) is 29.0. The van der Waals surface area contributed by atoms with Gasteiger partial charge in [-0.3, -0.25) is 9.69 Å². The van der Waals surface area contributed by atoms with Crippen molar-refractivity contribution in [3.63, 3.8) is 0 Å². The van der Waals surface area contributed by atoms with E-state index in [1.165, 1.54) is 24.2 Å².